The Labute approximate surface area is 158 Å². The average Bonchev–Trinajstić information content (AvgIpc) is 3.25. The number of fused-ring (bicyclic) bond motifs is 2. The van der Waals surface area contributed by atoms with Gasteiger partial charge in [0.05, 0.1) is 15.7 Å². The Kier molecular flexibility index (Phi) is 3.58. The van der Waals surface area contributed by atoms with Crippen molar-refractivity contribution in [1.82, 2.24) is 15.2 Å². The van der Waals surface area contributed by atoms with Crippen LogP contribution in [0, 0.1) is 0 Å². The van der Waals surface area contributed by atoms with Crippen LogP contribution in [0.4, 0.5) is 0 Å². The van der Waals surface area contributed by atoms with Gasteiger partial charge in [0.25, 0.3) is 5.91 Å². The second-order valence-corrected chi connectivity index (χ2v) is 7.69. The topological polar surface area (TPSA) is 79.4 Å². The summed E-state index contributed by atoms with van der Waals surface area (Å²) < 4.78 is 1.12. The highest BCUT2D eigenvalue weighted by molar-refractivity contribution is 7.16. The van der Waals surface area contributed by atoms with E-state index in [0.717, 1.165) is 26.9 Å². The number of hydrogen-bond donors (Lipinski definition) is 1. The van der Waals surface area contributed by atoms with Gasteiger partial charge in [-0.3, -0.25) is 19.7 Å². The van der Waals surface area contributed by atoms with Crippen molar-refractivity contribution in [2.75, 3.05) is 0 Å². The van der Waals surface area contributed by atoms with E-state index in [0.29, 0.717) is 18.5 Å². The zero-order valence-corrected chi connectivity index (χ0v) is 15.1. The molecule has 0 bridgehead atoms. The van der Waals surface area contributed by atoms with E-state index < -0.39 is 6.04 Å². The van der Waals surface area contributed by atoms with Gasteiger partial charge in [-0.05, 0) is 47.4 Å². The summed E-state index contributed by atoms with van der Waals surface area (Å²) in [5, 5.41) is 2.33. The first-order valence-corrected chi connectivity index (χ1v) is 9.59. The van der Waals surface area contributed by atoms with Crippen LogP contribution in [-0.4, -0.2) is 33.6 Å². The third kappa shape index (κ3) is 2.62. The maximum atomic E-state index is 12.8. The number of rotatable bonds is 2. The highest BCUT2D eigenvalue weighted by Crippen LogP contribution is 2.32. The van der Waals surface area contributed by atoms with Gasteiger partial charge >= 0.3 is 0 Å². The molecule has 0 spiro atoms. The third-order valence-electron chi connectivity index (χ3n) is 5.19. The molecule has 1 unspecified atom stereocenters. The Morgan fingerprint density at radius 2 is 1.89 bits per heavy atom. The van der Waals surface area contributed by atoms with Gasteiger partial charge in [-0.25, -0.2) is 4.98 Å². The number of hydrogen-bond acceptors (Lipinski definition) is 5. The van der Waals surface area contributed by atoms with Crippen molar-refractivity contribution in [2.45, 2.75) is 25.4 Å². The molecule has 1 N–H and O–H groups in total. The second-order valence-electron chi connectivity index (χ2n) is 6.81. The van der Waals surface area contributed by atoms with Crippen molar-refractivity contribution >= 4 is 39.3 Å². The number of nitrogens with one attached hydrogen (secondary N) is 1. The molecule has 27 heavy (non-hydrogen) atoms. The smallest absolute Gasteiger partial charge is 0.255 e. The molecule has 0 aliphatic carbocycles. The van der Waals surface area contributed by atoms with Gasteiger partial charge in [-0.15, -0.1) is 11.3 Å². The van der Waals surface area contributed by atoms with Gasteiger partial charge in [-0.1, -0.05) is 12.1 Å². The maximum absolute atomic E-state index is 12.8. The zero-order chi connectivity index (χ0) is 18.5. The van der Waals surface area contributed by atoms with Crippen LogP contribution in [0.15, 0.2) is 41.9 Å². The van der Waals surface area contributed by atoms with Crippen LogP contribution in [0.2, 0.25) is 0 Å². The Bertz CT molecular complexity index is 1120. The fourth-order valence-electron chi connectivity index (χ4n) is 3.79. The number of amides is 3. The van der Waals surface area contributed by atoms with Crippen LogP contribution in [0.3, 0.4) is 0 Å². The standard InChI is InChI=1S/C20H15N3O3S/c24-18-6-5-16(19(25)22-18)23-9-13-7-11(1-3-14(13)20(23)26)12-2-4-15-17(8-12)27-10-21-15/h1-4,7-8,10,16H,5-6,9H2,(H,22,24,25). The summed E-state index contributed by atoms with van der Waals surface area (Å²) in [6, 6.07) is 11.3. The van der Waals surface area contributed by atoms with Gasteiger partial charge in [0.15, 0.2) is 0 Å². The first-order valence-electron chi connectivity index (χ1n) is 8.71. The van der Waals surface area contributed by atoms with Crippen LogP contribution in [-0.2, 0) is 16.1 Å². The summed E-state index contributed by atoms with van der Waals surface area (Å²) in [7, 11) is 0. The molecule has 3 aromatic rings. The van der Waals surface area contributed by atoms with Crippen molar-refractivity contribution in [3.8, 4) is 11.1 Å². The number of piperidine rings is 1. The van der Waals surface area contributed by atoms with Crippen LogP contribution in [0.25, 0.3) is 21.3 Å². The lowest BCUT2D eigenvalue weighted by Crippen LogP contribution is -2.52. The number of nitrogens with zero attached hydrogens (tertiary/aromatic N) is 2. The molecule has 1 saturated heterocycles. The fraction of sp³-hybridized carbons (Fsp3) is 0.200. The molecule has 1 atom stereocenters. The molecule has 3 heterocycles. The summed E-state index contributed by atoms with van der Waals surface area (Å²) in [6.45, 7) is 0.386. The van der Waals surface area contributed by atoms with Gasteiger partial charge < -0.3 is 4.90 Å². The molecule has 0 radical (unpaired) electrons. The first-order chi connectivity index (χ1) is 13.1. The Hall–Kier alpha value is -3.06. The molecule has 134 valence electrons. The molecular weight excluding hydrogens is 362 g/mol. The third-order valence-corrected chi connectivity index (χ3v) is 5.98. The minimum absolute atomic E-state index is 0.149. The molecule has 2 aliphatic heterocycles. The Morgan fingerprint density at radius 3 is 2.74 bits per heavy atom. The number of aromatic nitrogens is 1. The van der Waals surface area contributed by atoms with Gasteiger partial charge in [-0.2, -0.15) is 0 Å². The number of imide groups is 1. The highest BCUT2D eigenvalue weighted by atomic mass is 32.1. The summed E-state index contributed by atoms with van der Waals surface area (Å²) in [6.07, 6.45) is 0.635. The van der Waals surface area contributed by atoms with Crippen LogP contribution >= 0.6 is 11.3 Å². The molecule has 1 fully saturated rings. The van der Waals surface area contributed by atoms with E-state index in [-0.39, 0.29) is 24.1 Å². The van der Waals surface area contributed by atoms with Gasteiger partial charge in [0, 0.05) is 18.5 Å². The number of carbonyl (C=O) groups is 3. The minimum Gasteiger partial charge on any atom is -0.322 e. The van der Waals surface area contributed by atoms with E-state index in [9.17, 15) is 14.4 Å². The normalized spacial score (nSPS) is 19.5. The Balaban J connectivity index is 1.46. The van der Waals surface area contributed by atoms with Crippen molar-refractivity contribution in [2.24, 2.45) is 0 Å². The number of benzene rings is 2. The van der Waals surface area contributed by atoms with Crippen molar-refractivity contribution in [1.29, 1.82) is 0 Å². The van der Waals surface area contributed by atoms with E-state index in [1.165, 1.54) is 0 Å². The van der Waals surface area contributed by atoms with Crippen LogP contribution in [0.1, 0.15) is 28.8 Å². The number of thiazole rings is 1. The molecule has 5 rings (SSSR count). The van der Waals surface area contributed by atoms with Crippen LogP contribution < -0.4 is 5.32 Å². The van der Waals surface area contributed by atoms with Crippen molar-refractivity contribution < 1.29 is 14.4 Å². The monoisotopic (exact) mass is 377 g/mol. The molecule has 7 heteroatoms. The summed E-state index contributed by atoms with van der Waals surface area (Å²) in [5.74, 6) is -0.812. The summed E-state index contributed by atoms with van der Waals surface area (Å²) >= 11 is 1.60. The van der Waals surface area contributed by atoms with E-state index in [1.807, 2.05) is 35.8 Å². The maximum Gasteiger partial charge on any atom is 0.255 e. The summed E-state index contributed by atoms with van der Waals surface area (Å²) in [4.78, 5) is 42.2. The van der Waals surface area contributed by atoms with Crippen LogP contribution in [0.5, 0.6) is 0 Å². The van der Waals surface area contributed by atoms with Gasteiger partial charge in [0.2, 0.25) is 11.8 Å². The molecular formula is C20H15N3O3S. The zero-order valence-electron chi connectivity index (χ0n) is 14.3. The summed E-state index contributed by atoms with van der Waals surface area (Å²) in [5.41, 5.74) is 6.44. The fourth-order valence-corrected chi connectivity index (χ4v) is 4.50. The molecule has 2 aromatic carbocycles. The average molecular weight is 377 g/mol. The SMILES string of the molecule is O=C1CCC(N2Cc3cc(-c4ccc5ncsc5c4)ccc3C2=O)C(=O)N1. The molecule has 1 aromatic heterocycles. The van der Waals surface area contributed by atoms with E-state index in [2.05, 4.69) is 16.4 Å². The highest BCUT2D eigenvalue weighted by Gasteiger charge is 2.39. The lowest BCUT2D eigenvalue weighted by molar-refractivity contribution is -0.136. The molecule has 3 amide bonds. The Morgan fingerprint density at radius 1 is 1.07 bits per heavy atom. The van der Waals surface area contributed by atoms with E-state index in [1.54, 1.807) is 16.2 Å². The lowest BCUT2D eigenvalue weighted by atomic mass is 10.0. The molecule has 2 aliphatic rings. The second kappa shape index (κ2) is 5.99. The predicted molar refractivity (Wildman–Crippen MR) is 101 cm³/mol. The van der Waals surface area contributed by atoms with E-state index in [4.69, 9.17) is 0 Å². The number of carbonyl (C=O) groups excluding carboxylic acids is 3. The predicted octanol–water partition coefficient (Wildman–Crippen LogP) is 2.72. The lowest BCUT2D eigenvalue weighted by Gasteiger charge is -2.29. The van der Waals surface area contributed by atoms with Crippen molar-refractivity contribution in [3.05, 3.63) is 53.0 Å². The van der Waals surface area contributed by atoms with Gasteiger partial charge in [0.1, 0.15) is 6.04 Å². The largest absolute Gasteiger partial charge is 0.322 e. The first kappa shape index (κ1) is 16.1. The van der Waals surface area contributed by atoms with Crippen molar-refractivity contribution in [3.63, 3.8) is 0 Å². The molecule has 6 nitrogen and oxygen atoms in total. The van der Waals surface area contributed by atoms with E-state index >= 15 is 0 Å². The quantitative estimate of drug-likeness (QED) is 0.697. The minimum atomic E-state index is -0.584. The molecule has 0 saturated carbocycles.